The number of piperidine rings is 1. The molecule has 0 saturated carbocycles. The van der Waals surface area contributed by atoms with Crippen LogP contribution in [0.25, 0.3) is 0 Å². The lowest BCUT2D eigenvalue weighted by molar-refractivity contribution is -0.121. The molecule has 2 atom stereocenters. The summed E-state index contributed by atoms with van der Waals surface area (Å²) in [4.78, 5) is 27.3. The van der Waals surface area contributed by atoms with Gasteiger partial charge in [0.15, 0.2) is 0 Å². The number of likely N-dealkylation sites (tertiary alicyclic amines) is 1. The lowest BCUT2D eigenvalue weighted by atomic mass is 9.94. The molecule has 4 nitrogen and oxygen atoms in total. The second kappa shape index (κ2) is 9.00. The second-order valence-corrected chi connectivity index (χ2v) is 7.48. The summed E-state index contributed by atoms with van der Waals surface area (Å²) in [6, 6.07) is 13.4. The molecule has 1 heterocycles. The number of hydrogen-bond acceptors (Lipinski definition) is 2. The Balaban J connectivity index is 1.68. The number of benzene rings is 2. The number of carbonyl (C=O) groups excluding carboxylic acids is 2. The molecule has 1 fully saturated rings. The zero-order valence-corrected chi connectivity index (χ0v) is 16.5. The number of para-hydroxylation sites is 1. The van der Waals surface area contributed by atoms with Gasteiger partial charge in [-0.3, -0.25) is 9.59 Å². The van der Waals surface area contributed by atoms with E-state index in [1.54, 1.807) is 4.90 Å². The van der Waals surface area contributed by atoms with Crippen molar-refractivity contribution >= 4 is 17.5 Å². The van der Waals surface area contributed by atoms with Crippen LogP contribution in [-0.4, -0.2) is 29.8 Å². The fraction of sp³-hybridized carbons (Fsp3) is 0.391. The van der Waals surface area contributed by atoms with Crippen molar-refractivity contribution < 1.29 is 14.0 Å². The summed E-state index contributed by atoms with van der Waals surface area (Å²) < 4.78 is 13.1. The highest BCUT2D eigenvalue weighted by Crippen LogP contribution is 2.28. The Morgan fingerprint density at radius 1 is 1.18 bits per heavy atom. The lowest BCUT2D eigenvalue weighted by Gasteiger charge is -2.32. The van der Waals surface area contributed by atoms with E-state index in [4.69, 9.17) is 0 Å². The minimum Gasteiger partial charge on any atom is -0.338 e. The van der Waals surface area contributed by atoms with Gasteiger partial charge in [0.25, 0.3) is 5.91 Å². The second-order valence-electron chi connectivity index (χ2n) is 7.48. The number of hydrogen-bond donors (Lipinski definition) is 1. The fourth-order valence-corrected chi connectivity index (χ4v) is 3.65. The van der Waals surface area contributed by atoms with E-state index < -0.39 is 0 Å². The van der Waals surface area contributed by atoms with Crippen molar-refractivity contribution in [3.05, 3.63) is 65.5 Å². The Morgan fingerprint density at radius 3 is 2.61 bits per heavy atom. The molecule has 2 unspecified atom stereocenters. The predicted molar refractivity (Wildman–Crippen MR) is 109 cm³/mol. The molecule has 2 aromatic rings. The van der Waals surface area contributed by atoms with Crippen LogP contribution in [0.2, 0.25) is 0 Å². The highest BCUT2D eigenvalue weighted by molar-refractivity contribution is 5.96. The molecule has 0 aliphatic carbocycles. The standard InChI is InChI=1S/C23H27FN2O2/c1-3-16(2)20-8-4-5-9-21(20)25-22(27)18-7-6-14-26(15-18)23(28)17-10-12-19(24)13-11-17/h4-5,8-13,16,18H,3,6-7,14-15H2,1-2H3,(H,25,27). The molecule has 0 aromatic heterocycles. The van der Waals surface area contributed by atoms with Gasteiger partial charge in [-0.1, -0.05) is 32.0 Å². The molecule has 1 aliphatic rings. The number of carbonyl (C=O) groups is 2. The highest BCUT2D eigenvalue weighted by Gasteiger charge is 2.29. The third-order valence-electron chi connectivity index (χ3n) is 5.53. The van der Waals surface area contributed by atoms with E-state index in [1.165, 1.54) is 24.3 Å². The summed E-state index contributed by atoms with van der Waals surface area (Å²) in [5.41, 5.74) is 2.43. The summed E-state index contributed by atoms with van der Waals surface area (Å²) in [5.74, 6) is -0.458. The van der Waals surface area contributed by atoms with Gasteiger partial charge in [-0.2, -0.15) is 0 Å². The number of nitrogens with zero attached hydrogens (tertiary/aromatic N) is 1. The molecule has 2 amide bonds. The van der Waals surface area contributed by atoms with Gasteiger partial charge < -0.3 is 10.2 Å². The zero-order chi connectivity index (χ0) is 20.1. The molecule has 5 heteroatoms. The van der Waals surface area contributed by atoms with E-state index in [2.05, 4.69) is 25.2 Å². The Kier molecular flexibility index (Phi) is 6.45. The Bertz CT molecular complexity index is 835. The van der Waals surface area contributed by atoms with E-state index in [0.29, 0.717) is 24.6 Å². The average molecular weight is 382 g/mol. The van der Waals surface area contributed by atoms with Crippen molar-refractivity contribution in [3.8, 4) is 0 Å². The van der Waals surface area contributed by atoms with E-state index in [-0.39, 0.29) is 23.5 Å². The van der Waals surface area contributed by atoms with Crippen LogP contribution in [0.1, 0.15) is 54.9 Å². The maximum atomic E-state index is 13.1. The molecule has 1 aliphatic heterocycles. The quantitative estimate of drug-likeness (QED) is 0.805. The van der Waals surface area contributed by atoms with E-state index in [1.807, 2.05) is 18.2 Å². The third-order valence-corrected chi connectivity index (χ3v) is 5.53. The van der Waals surface area contributed by atoms with Crippen LogP contribution in [0.4, 0.5) is 10.1 Å². The van der Waals surface area contributed by atoms with Crippen LogP contribution in [0.3, 0.4) is 0 Å². The van der Waals surface area contributed by atoms with Crippen LogP contribution in [0.5, 0.6) is 0 Å². The molecule has 1 N–H and O–H groups in total. The molecule has 0 bridgehead atoms. The van der Waals surface area contributed by atoms with Crippen LogP contribution in [0, 0.1) is 11.7 Å². The van der Waals surface area contributed by atoms with Gasteiger partial charge in [0.05, 0.1) is 5.92 Å². The number of amides is 2. The lowest BCUT2D eigenvalue weighted by Crippen LogP contribution is -2.43. The number of rotatable bonds is 5. The van der Waals surface area contributed by atoms with Gasteiger partial charge in [0, 0.05) is 24.3 Å². The van der Waals surface area contributed by atoms with E-state index in [0.717, 1.165) is 30.5 Å². The molecule has 0 radical (unpaired) electrons. The van der Waals surface area contributed by atoms with E-state index >= 15 is 0 Å². The van der Waals surface area contributed by atoms with Crippen molar-refractivity contribution in [3.63, 3.8) is 0 Å². The van der Waals surface area contributed by atoms with Crippen LogP contribution >= 0.6 is 0 Å². The van der Waals surface area contributed by atoms with Crippen molar-refractivity contribution in [2.24, 2.45) is 5.92 Å². The topological polar surface area (TPSA) is 49.4 Å². The number of anilines is 1. The molecular weight excluding hydrogens is 355 g/mol. The summed E-state index contributed by atoms with van der Waals surface area (Å²) in [6.45, 7) is 5.27. The van der Waals surface area contributed by atoms with Crippen LogP contribution in [-0.2, 0) is 4.79 Å². The van der Waals surface area contributed by atoms with Crippen molar-refractivity contribution in [2.45, 2.75) is 39.0 Å². The van der Waals surface area contributed by atoms with Crippen molar-refractivity contribution in [1.82, 2.24) is 4.90 Å². The minimum atomic E-state index is -0.368. The average Bonchev–Trinajstić information content (AvgIpc) is 2.73. The molecule has 148 valence electrons. The summed E-state index contributed by atoms with van der Waals surface area (Å²) >= 11 is 0. The number of nitrogens with one attached hydrogen (secondary N) is 1. The summed E-state index contributed by atoms with van der Waals surface area (Å²) in [7, 11) is 0. The maximum Gasteiger partial charge on any atom is 0.253 e. The third kappa shape index (κ3) is 4.58. The predicted octanol–water partition coefficient (Wildman–Crippen LogP) is 4.83. The highest BCUT2D eigenvalue weighted by atomic mass is 19.1. The monoisotopic (exact) mass is 382 g/mol. The first kappa shape index (κ1) is 20.1. The van der Waals surface area contributed by atoms with Gasteiger partial charge in [0.2, 0.25) is 5.91 Å². The van der Waals surface area contributed by atoms with Crippen molar-refractivity contribution in [1.29, 1.82) is 0 Å². The maximum absolute atomic E-state index is 13.1. The summed E-state index contributed by atoms with van der Waals surface area (Å²) in [6.07, 6.45) is 2.53. The van der Waals surface area contributed by atoms with Gasteiger partial charge in [-0.05, 0) is 61.1 Å². The summed E-state index contributed by atoms with van der Waals surface area (Å²) in [5, 5.41) is 3.08. The first-order valence-electron chi connectivity index (χ1n) is 9.94. The van der Waals surface area contributed by atoms with Gasteiger partial charge in [-0.25, -0.2) is 4.39 Å². The molecule has 2 aromatic carbocycles. The molecule has 1 saturated heterocycles. The zero-order valence-electron chi connectivity index (χ0n) is 16.5. The smallest absolute Gasteiger partial charge is 0.253 e. The normalized spacial score (nSPS) is 17.8. The fourth-order valence-electron chi connectivity index (χ4n) is 3.65. The van der Waals surface area contributed by atoms with Gasteiger partial charge >= 0.3 is 0 Å². The number of halogens is 1. The molecular formula is C23H27FN2O2. The molecule has 28 heavy (non-hydrogen) atoms. The minimum absolute atomic E-state index is 0.0487. The SMILES string of the molecule is CCC(C)c1ccccc1NC(=O)C1CCCN(C(=O)c2ccc(F)cc2)C1. The van der Waals surface area contributed by atoms with Gasteiger partial charge in [-0.15, -0.1) is 0 Å². The molecule has 3 rings (SSSR count). The largest absolute Gasteiger partial charge is 0.338 e. The van der Waals surface area contributed by atoms with E-state index in [9.17, 15) is 14.0 Å². The Labute approximate surface area is 165 Å². The molecule has 0 spiro atoms. The van der Waals surface area contributed by atoms with Gasteiger partial charge in [0.1, 0.15) is 5.82 Å². The first-order chi connectivity index (χ1) is 13.5. The first-order valence-corrected chi connectivity index (χ1v) is 9.94. The Hall–Kier alpha value is -2.69. The van der Waals surface area contributed by atoms with Crippen LogP contribution < -0.4 is 5.32 Å². The van der Waals surface area contributed by atoms with Crippen LogP contribution in [0.15, 0.2) is 48.5 Å². The van der Waals surface area contributed by atoms with Crippen molar-refractivity contribution in [2.75, 3.05) is 18.4 Å². The Morgan fingerprint density at radius 2 is 1.89 bits per heavy atom.